The minimum atomic E-state index is -0.433. The molecule has 2 atom stereocenters. The van der Waals surface area contributed by atoms with Crippen LogP contribution in [0.15, 0.2) is 12.1 Å². The monoisotopic (exact) mass is 295 g/mol. The molecule has 0 aliphatic carbocycles. The summed E-state index contributed by atoms with van der Waals surface area (Å²) in [6.45, 7) is 4.05. The summed E-state index contributed by atoms with van der Waals surface area (Å²) in [4.78, 5) is 0. The first-order chi connectivity index (χ1) is 7.95. The number of hydrogen-bond donors (Lipinski definition) is 1. The highest BCUT2D eigenvalue weighted by atomic mass is 35.5. The van der Waals surface area contributed by atoms with Crippen LogP contribution in [-0.4, -0.2) is 18.1 Å². The first-order valence-electron chi connectivity index (χ1n) is 5.35. The molecule has 1 N–H and O–H groups in total. The van der Waals surface area contributed by atoms with Crippen LogP contribution in [0.2, 0.25) is 10.0 Å². The molecule has 1 aromatic carbocycles. The van der Waals surface area contributed by atoms with Crippen LogP contribution in [-0.2, 0) is 0 Å². The quantitative estimate of drug-likeness (QED) is 0.801. The van der Waals surface area contributed by atoms with Crippen molar-refractivity contribution in [1.82, 2.24) is 5.32 Å². The molecule has 5 heteroatoms. The van der Waals surface area contributed by atoms with Gasteiger partial charge in [-0.25, -0.2) is 4.39 Å². The van der Waals surface area contributed by atoms with Crippen molar-refractivity contribution in [2.75, 3.05) is 12.0 Å². The Balaban J connectivity index is 2.81. The third kappa shape index (κ3) is 4.32. The molecule has 96 valence electrons. The summed E-state index contributed by atoms with van der Waals surface area (Å²) in [5.74, 6) is 0.565. The topological polar surface area (TPSA) is 12.0 Å². The minimum absolute atomic E-state index is 0.00332. The van der Waals surface area contributed by atoms with Gasteiger partial charge in [0.1, 0.15) is 5.82 Å². The van der Waals surface area contributed by atoms with Crippen molar-refractivity contribution >= 4 is 35.0 Å². The zero-order valence-electron chi connectivity index (χ0n) is 10.1. The first-order valence-corrected chi connectivity index (χ1v) is 7.50. The molecule has 2 unspecified atom stereocenters. The maximum Gasteiger partial charge on any atom is 0.142 e. The van der Waals surface area contributed by atoms with Crippen molar-refractivity contribution in [2.24, 2.45) is 0 Å². The van der Waals surface area contributed by atoms with Gasteiger partial charge in [-0.15, -0.1) is 0 Å². The van der Waals surface area contributed by atoms with E-state index in [1.54, 1.807) is 11.8 Å². The summed E-state index contributed by atoms with van der Waals surface area (Å²) < 4.78 is 13.4. The average molecular weight is 296 g/mol. The van der Waals surface area contributed by atoms with Gasteiger partial charge in [0.05, 0.1) is 5.02 Å². The third-order valence-electron chi connectivity index (χ3n) is 2.46. The van der Waals surface area contributed by atoms with Crippen LogP contribution in [0.1, 0.15) is 25.5 Å². The Hall–Kier alpha value is 0.0400. The molecule has 0 saturated heterocycles. The van der Waals surface area contributed by atoms with Crippen molar-refractivity contribution in [3.8, 4) is 0 Å². The number of thioether (sulfide) groups is 1. The molecule has 0 aliphatic heterocycles. The lowest BCUT2D eigenvalue weighted by atomic mass is 10.1. The van der Waals surface area contributed by atoms with Gasteiger partial charge in [0.15, 0.2) is 0 Å². The second kappa shape index (κ2) is 6.83. The molecule has 0 aliphatic rings. The molecule has 0 bridgehead atoms. The SMILES string of the molecule is CSCC(C)NC(C)c1cc(F)c(Cl)cc1Cl. The van der Waals surface area contributed by atoms with Crippen LogP contribution >= 0.6 is 35.0 Å². The standard InChI is InChI=1S/C12H16Cl2FNS/c1-7(6-17-3)16-8(2)9-4-12(15)11(14)5-10(9)13/h4-5,7-8,16H,6H2,1-3H3. The molecule has 0 aromatic heterocycles. The molecule has 1 nitrogen and oxygen atoms in total. The number of benzene rings is 1. The van der Waals surface area contributed by atoms with Gasteiger partial charge >= 0.3 is 0 Å². The Morgan fingerprint density at radius 3 is 2.53 bits per heavy atom. The molecule has 0 heterocycles. The second-order valence-electron chi connectivity index (χ2n) is 4.03. The van der Waals surface area contributed by atoms with Crippen molar-refractivity contribution in [2.45, 2.75) is 25.9 Å². The van der Waals surface area contributed by atoms with E-state index in [-0.39, 0.29) is 11.1 Å². The molecular weight excluding hydrogens is 280 g/mol. The molecular formula is C12H16Cl2FNS. The highest BCUT2D eigenvalue weighted by Crippen LogP contribution is 2.28. The summed E-state index contributed by atoms with van der Waals surface area (Å²) in [5.41, 5.74) is 0.738. The Morgan fingerprint density at radius 2 is 1.94 bits per heavy atom. The van der Waals surface area contributed by atoms with Crippen LogP contribution in [0.4, 0.5) is 4.39 Å². The number of halogens is 3. The van der Waals surface area contributed by atoms with E-state index in [0.717, 1.165) is 11.3 Å². The van der Waals surface area contributed by atoms with Gasteiger partial charge in [0.2, 0.25) is 0 Å². The Kier molecular flexibility index (Phi) is 6.07. The van der Waals surface area contributed by atoms with E-state index in [9.17, 15) is 4.39 Å². The summed E-state index contributed by atoms with van der Waals surface area (Å²) in [7, 11) is 0. The van der Waals surface area contributed by atoms with E-state index in [1.807, 2.05) is 6.92 Å². The van der Waals surface area contributed by atoms with Crippen LogP contribution in [0.25, 0.3) is 0 Å². The molecule has 1 rings (SSSR count). The van der Waals surface area contributed by atoms with Gasteiger partial charge < -0.3 is 5.32 Å². The average Bonchev–Trinajstić information content (AvgIpc) is 2.23. The van der Waals surface area contributed by atoms with E-state index in [1.165, 1.54) is 12.1 Å². The number of nitrogens with one attached hydrogen (secondary N) is 1. The van der Waals surface area contributed by atoms with E-state index < -0.39 is 5.82 Å². The lowest BCUT2D eigenvalue weighted by molar-refractivity contribution is 0.508. The molecule has 0 radical (unpaired) electrons. The van der Waals surface area contributed by atoms with E-state index in [2.05, 4.69) is 18.5 Å². The Bertz CT molecular complexity index is 387. The van der Waals surface area contributed by atoms with Gasteiger partial charge in [0.25, 0.3) is 0 Å². The fourth-order valence-corrected chi connectivity index (χ4v) is 2.83. The zero-order chi connectivity index (χ0) is 13.0. The highest BCUT2D eigenvalue weighted by Gasteiger charge is 2.15. The van der Waals surface area contributed by atoms with Crippen LogP contribution < -0.4 is 5.32 Å². The maximum atomic E-state index is 13.4. The molecule has 1 aromatic rings. The fraction of sp³-hybridized carbons (Fsp3) is 0.500. The smallest absolute Gasteiger partial charge is 0.142 e. The van der Waals surface area contributed by atoms with Crippen LogP contribution in [0.3, 0.4) is 0 Å². The summed E-state index contributed by atoms with van der Waals surface area (Å²) >= 11 is 13.5. The maximum absolute atomic E-state index is 13.4. The lowest BCUT2D eigenvalue weighted by Crippen LogP contribution is -2.31. The number of rotatable bonds is 5. The largest absolute Gasteiger partial charge is 0.307 e. The van der Waals surface area contributed by atoms with Crippen molar-refractivity contribution in [3.63, 3.8) is 0 Å². The Labute approximate surface area is 116 Å². The summed E-state index contributed by atoms with van der Waals surface area (Å²) in [6.07, 6.45) is 2.05. The van der Waals surface area contributed by atoms with Gasteiger partial charge in [-0.05, 0) is 37.8 Å². The van der Waals surface area contributed by atoms with E-state index in [4.69, 9.17) is 23.2 Å². The van der Waals surface area contributed by atoms with Crippen molar-refractivity contribution < 1.29 is 4.39 Å². The zero-order valence-corrected chi connectivity index (χ0v) is 12.4. The summed E-state index contributed by atoms with van der Waals surface area (Å²) in [5, 5.41) is 3.92. The van der Waals surface area contributed by atoms with Gasteiger partial charge in [0, 0.05) is 22.9 Å². The molecule has 0 amide bonds. The van der Waals surface area contributed by atoms with Gasteiger partial charge in [-0.2, -0.15) is 11.8 Å². The molecule has 0 fully saturated rings. The predicted octanol–water partition coefficient (Wildman–Crippen LogP) is 4.53. The van der Waals surface area contributed by atoms with Crippen LogP contribution in [0.5, 0.6) is 0 Å². The summed E-state index contributed by atoms with van der Waals surface area (Å²) in [6, 6.07) is 3.19. The fourth-order valence-electron chi connectivity index (χ4n) is 1.68. The predicted molar refractivity (Wildman–Crippen MR) is 75.8 cm³/mol. The minimum Gasteiger partial charge on any atom is -0.307 e. The van der Waals surface area contributed by atoms with E-state index >= 15 is 0 Å². The first kappa shape index (κ1) is 15.1. The lowest BCUT2D eigenvalue weighted by Gasteiger charge is -2.21. The van der Waals surface area contributed by atoms with Gasteiger partial charge in [-0.3, -0.25) is 0 Å². The van der Waals surface area contributed by atoms with Crippen LogP contribution in [0, 0.1) is 5.82 Å². The van der Waals surface area contributed by atoms with Crippen molar-refractivity contribution in [3.05, 3.63) is 33.6 Å². The third-order valence-corrected chi connectivity index (χ3v) is 3.91. The second-order valence-corrected chi connectivity index (χ2v) is 5.76. The van der Waals surface area contributed by atoms with E-state index in [0.29, 0.717) is 11.1 Å². The molecule has 17 heavy (non-hydrogen) atoms. The number of hydrogen-bond acceptors (Lipinski definition) is 2. The molecule has 0 saturated carbocycles. The molecule has 0 spiro atoms. The Morgan fingerprint density at radius 1 is 1.29 bits per heavy atom. The highest BCUT2D eigenvalue weighted by molar-refractivity contribution is 7.98. The van der Waals surface area contributed by atoms with Crippen molar-refractivity contribution in [1.29, 1.82) is 0 Å². The van der Waals surface area contributed by atoms with Gasteiger partial charge in [-0.1, -0.05) is 23.2 Å². The normalized spacial score (nSPS) is 14.7.